The first-order valence-electron chi connectivity index (χ1n) is 7.59. The Morgan fingerprint density at radius 3 is 2.95 bits per heavy atom. The third kappa shape index (κ3) is 2.43. The van der Waals surface area contributed by atoms with Crippen molar-refractivity contribution in [2.75, 3.05) is 6.61 Å². The lowest BCUT2D eigenvalue weighted by atomic mass is 9.55. The van der Waals surface area contributed by atoms with E-state index < -0.39 is 0 Å². The minimum atomic E-state index is 0.387. The van der Waals surface area contributed by atoms with E-state index >= 15 is 0 Å². The van der Waals surface area contributed by atoms with Crippen LogP contribution in [-0.2, 0) is 11.3 Å². The number of hydrogen-bond acceptors (Lipinski definition) is 4. The number of aromatic nitrogens is 1. The molecular weight excluding hydrogens is 240 g/mol. The molecule has 19 heavy (non-hydrogen) atoms. The molecule has 3 rings (SSSR count). The van der Waals surface area contributed by atoms with Gasteiger partial charge in [0.2, 0.25) is 0 Å². The van der Waals surface area contributed by atoms with Crippen molar-refractivity contribution in [1.29, 1.82) is 0 Å². The van der Waals surface area contributed by atoms with E-state index in [1.165, 1.54) is 32.1 Å². The minimum absolute atomic E-state index is 0.387. The highest BCUT2D eigenvalue weighted by Crippen LogP contribution is 2.53. The molecule has 4 nitrogen and oxygen atoms in total. The highest BCUT2D eigenvalue weighted by Gasteiger charge is 2.55. The molecule has 2 atom stereocenters. The van der Waals surface area contributed by atoms with E-state index in [-0.39, 0.29) is 0 Å². The first-order valence-corrected chi connectivity index (χ1v) is 7.59. The lowest BCUT2D eigenvalue weighted by Gasteiger charge is -2.58. The molecule has 0 saturated heterocycles. The third-order valence-corrected chi connectivity index (χ3v) is 4.96. The second kappa shape index (κ2) is 5.63. The quantitative estimate of drug-likeness (QED) is 0.888. The summed E-state index contributed by atoms with van der Waals surface area (Å²) < 4.78 is 10.8. The van der Waals surface area contributed by atoms with Crippen molar-refractivity contribution in [3.05, 3.63) is 18.0 Å². The smallest absolute Gasteiger partial charge is 0.124 e. The third-order valence-electron chi connectivity index (χ3n) is 4.96. The van der Waals surface area contributed by atoms with E-state index in [9.17, 15) is 0 Å². The van der Waals surface area contributed by atoms with Gasteiger partial charge in [-0.1, -0.05) is 24.4 Å². The van der Waals surface area contributed by atoms with E-state index in [2.05, 4.69) is 17.4 Å². The van der Waals surface area contributed by atoms with Crippen LogP contribution in [0.2, 0.25) is 0 Å². The Hall–Kier alpha value is -0.870. The number of nitrogens with one attached hydrogen (secondary N) is 1. The second-order valence-electron chi connectivity index (χ2n) is 5.90. The first-order chi connectivity index (χ1) is 9.35. The van der Waals surface area contributed by atoms with Crippen molar-refractivity contribution in [3.63, 3.8) is 0 Å². The van der Waals surface area contributed by atoms with Crippen molar-refractivity contribution < 1.29 is 9.26 Å². The summed E-state index contributed by atoms with van der Waals surface area (Å²) in [4.78, 5) is 0. The Kier molecular flexibility index (Phi) is 3.89. The summed E-state index contributed by atoms with van der Waals surface area (Å²) in [5.74, 6) is 0. The van der Waals surface area contributed by atoms with E-state index in [0.717, 1.165) is 25.3 Å². The number of ether oxygens (including phenoxy) is 1. The molecule has 1 N–H and O–H groups in total. The SMILES string of the molecule is CCOC1CC(NCc2ccon2)C12CCCCC2. The zero-order valence-electron chi connectivity index (χ0n) is 11.7. The largest absolute Gasteiger partial charge is 0.378 e. The summed E-state index contributed by atoms with van der Waals surface area (Å²) in [6.45, 7) is 3.75. The average molecular weight is 264 g/mol. The zero-order valence-corrected chi connectivity index (χ0v) is 11.7. The maximum atomic E-state index is 5.96. The fraction of sp³-hybridized carbons (Fsp3) is 0.800. The normalized spacial score (nSPS) is 29.3. The van der Waals surface area contributed by atoms with Crippen LogP contribution in [0.1, 0.15) is 51.1 Å². The van der Waals surface area contributed by atoms with Gasteiger partial charge in [0.1, 0.15) is 6.26 Å². The van der Waals surface area contributed by atoms with Crippen LogP contribution in [0.5, 0.6) is 0 Å². The fourth-order valence-electron chi connectivity index (χ4n) is 3.91. The van der Waals surface area contributed by atoms with Gasteiger partial charge in [0, 0.05) is 30.7 Å². The van der Waals surface area contributed by atoms with Crippen LogP contribution in [0.3, 0.4) is 0 Å². The molecule has 1 heterocycles. The van der Waals surface area contributed by atoms with Gasteiger partial charge in [-0.3, -0.25) is 0 Å². The summed E-state index contributed by atoms with van der Waals surface area (Å²) in [6.07, 6.45) is 9.96. The Balaban J connectivity index is 1.61. The molecule has 1 aromatic rings. The molecule has 0 bridgehead atoms. The Morgan fingerprint density at radius 1 is 1.42 bits per heavy atom. The van der Waals surface area contributed by atoms with Gasteiger partial charge in [-0.2, -0.15) is 0 Å². The highest BCUT2D eigenvalue weighted by atomic mass is 16.5. The summed E-state index contributed by atoms with van der Waals surface area (Å²) in [5, 5.41) is 7.63. The molecule has 2 aliphatic rings. The Morgan fingerprint density at radius 2 is 2.26 bits per heavy atom. The van der Waals surface area contributed by atoms with Crippen LogP contribution in [0, 0.1) is 5.41 Å². The number of nitrogens with zero attached hydrogens (tertiary/aromatic N) is 1. The van der Waals surface area contributed by atoms with Crippen LogP contribution in [0.25, 0.3) is 0 Å². The van der Waals surface area contributed by atoms with Gasteiger partial charge in [0.15, 0.2) is 0 Å². The second-order valence-corrected chi connectivity index (χ2v) is 5.90. The van der Waals surface area contributed by atoms with Crippen LogP contribution >= 0.6 is 0 Å². The van der Waals surface area contributed by atoms with Crippen molar-refractivity contribution >= 4 is 0 Å². The van der Waals surface area contributed by atoms with Crippen molar-refractivity contribution in [1.82, 2.24) is 10.5 Å². The van der Waals surface area contributed by atoms with E-state index in [1.54, 1.807) is 6.26 Å². The van der Waals surface area contributed by atoms with E-state index in [0.29, 0.717) is 17.6 Å². The van der Waals surface area contributed by atoms with Crippen molar-refractivity contribution in [2.24, 2.45) is 5.41 Å². The number of hydrogen-bond donors (Lipinski definition) is 1. The predicted molar refractivity (Wildman–Crippen MR) is 72.7 cm³/mol. The maximum Gasteiger partial charge on any atom is 0.124 e. The van der Waals surface area contributed by atoms with E-state index in [4.69, 9.17) is 9.26 Å². The maximum absolute atomic E-state index is 5.96. The summed E-state index contributed by atoms with van der Waals surface area (Å²) in [7, 11) is 0. The summed E-state index contributed by atoms with van der Waals surface area (Å²) >= 11 is 0. The van der Waals surface area contributed by atoms with Crippen LogP contribution in [0.15, 0.2) is 16.9 Å². The average Bonchev–Trinajstić information content (AvgIpc) is 2.96. The van der Waals surface area contributed by atoms with Gasteiger partial charge in [0.25, 0.3) is 0 Å². The monoisotopic (exact) mass is 264 g/mol. The Bertz CT molecular complexity index is 385. The minimum Gasteiger partial charge on any atom is -0.378 e. The van der Waals surface area contributed by atoms with Gasteiger partial charge < -0.3 is 14.6 Å². The first kappa shape index (κ1) is 13.1. The topological polar surface area (TPSA) is 47.3 Å². The highest BCUT2D eigenvalue weighted by molar-refractivity contribution is 5.09. The van der Waals surface area contributed by atoms with Crippen LogP contribution < -0.4 is 5.32 Å². The molecule has 0 radical (unpaired) electrons. The molecule has 0 aliphatic heterocycles. The molecular formula is C15H24N2O2. The number of rotatable bonds is 5. The van der Waals surface area contributed by atoms with Crippen LogP contribution in [-0.4, -0.2) is 23.9 Å². The summed E-state index contributed by atoms with van der Waals surface area (Å²) in [6, 6.07) is 2.51. The van der Waals surface area contributed by atoms with Crippen molar-refractivity contribution in [2.45, 2.75) is 64.1 Å². The lowest BCUT2D eigenvalue weighted by molar-refractivity contribution is -0.150. The molecule has 2 fully saturated rings. The molecule has 2 saturated carbocycles. The predicted octanol–water partition coefficient (Wildman–Crippen LogP) is 2.89. The Labute approximate surface area is 114 Å². The lowest BCUT2D eigenvalue weighted by Crippen LogP contribution is -2.64. The zero-order chi connectivity index (χ0) is 13.1. The molecule has 1 aromatic heterocycles. The van der Waals surface area contributed by atoms with E-state index in [1.807, 2.05) is 6.07 Å². The molecule has 0 amide bonds. The van der Waals surface area contributed by atoms with Gasteiger partial charge in [0.05, 0.1) is 11.8 Å². The molecule has 1 spiro atoms. The molecule has 0 aromatic carbocycles. The van der Waals surface area contributed by atoms with Gasteiger partial charge >= 0.3 is 0 Å². The summed E-state index contributed by atoms with van der Waals surface area (Å²) in [5.41, 5.74) is 1.38. The molecule has 4 heteroatoms. The molecule has 106 valence electrons. The van der Waals surface area contributed by atoms with Gasteiger partial charge in [-0.25, -0.2) is 0 Å². The molecule has 2 aliphatic carbocycles. The molecule has 2 unspecified atom stereocenters. The fourth-order valence-corrected chi connectivity index (χ4v) is 3.91. The van der Waals surface area contributed by atoms with Gasteiger partial charge in [-0.15, -0.1) is 0 Å². The van der Waals surface area contributed by atoms with Crippen LogP contribution in [0.4, 0.5) is 0 Å². The van der Waals surface area contributed by atoms with Crippen molar-refractivity contribution in [3.8, 4) is 0 Å². The standard InChI is InChI=1S/C15H24N2O2/c1-2-18-14-10-13(15(14)7-4-3-5-8-15)16-11-12-6-9-19-17-12/h6,9,13-14,16H,2-5,7-8,10-11H2,1H3. The van der Waals surface area contributed by atoms with Gasteiger partial charge in [-0.05, 0) is 26.2 Å².